The van der Waals surface area contributed by atoms with Crippen LogP contribution in [0.25, 0.3) is 0 Å². The van der Waals surface area contributed by atoms with Gasteiger partial charge >= 0.3 is 0 Å². The van der Waals surface area contributed by atoms with E-state index >= 15 is 0 Å². The van der Waals surface area contributed by atoms with Crippen molar-refractivity contribution in [3.05, 3.63) is 35.9 Å². The highest BCUT2D eigenvalue weighted by molar-refractivity contribution is 7.80. The fraction of sp³-hybridized carbons (Fsp3) is 0.500. The van der Waals surface area contributed by atoms with Gasteiger partial charge in [-0.1, -0.05) is 30.3 Å². The molecule has 0 radical (unpaired) electrons. The molecule has 2 rings (SSSR count). The molecule has 1 aromatic carbocycles. The van der Waals surface area contributed by atoms with Crippen LogP contribution < -0.4 is 0 Å². The van der Waals surface area contributed by atoms with E-state index in [1.807, 2.05) is 0 Å². The van der Waals surface area contributed by atoms with Gasteiger partial charge in [0.05, 0.1) is 0 Å². The van der Waals surface area contributed by atoms with Crippen molar-refractivity contribution in [3.8, 4) is 0 Å². The van der Waals surface area contributed by atoms with Crippen molar-refractivity contribution in [2.45, 2.75) is 31.1 Å². The van der Waals surface area contributed by atoms with Crippen LogP contribution in [0.2, 0.25) is 0 Å². The summed E-state index contributed by atoms with van der Waals surface area (Å²) in [6.45, 7) is 0. The average Bonchev–Trinajstić information content (AvgIpc) is 2.97. The summed E-state index contributed by atoms with van der Waals surface area (Å²) in [5, 5.41) is 0. The van der Waals surface area contributed by atoms with Gasteiger partial charge < -0.3 is 0 Å². The molecule has 13 heavy (non-hydrogen) atoms. The lowest BCUT2D eigenvalue weighted by Crippen LogP contribution is -2.06. The van der Waals surface area contributed by atoms with Gasteiger partial charge in [0.15, 0.2) is 0 Å². The van der Waals surface area contributed by atoms with Crippen LogP contribution >= 0.6 is 12.6 Å². The topological polar surface area (TPSA) is 0 Å². The highest BCUT2D eigenvalue weighted by Gasteiger charge is 2.42. The van der Waals surface area contributed by atoms with E-state index < -0.39 is 0 Å². The molecule has 1 fully saturated rings. The van der Waals surface area contributed by atoms with E-state index in [-0.39, 0.29) is 0 Å². The second-order valence-corrected chi connectivity index (χ2v) is 4.42. The molecule has 0 aliphatic heterocycles. The summed E-state index contributed by atoms with van der Waals surface area (Å²) in [5.74, 6) is 1.02. The summed E-state index contributed by atoms with van der Waals surface area (Å²) < 4.78 is 0. The highest BCUT2D eigenvalue weighted by atomic mass is 32.1. The molecule has 0 unspecified atom stereocenters. The Morgan fingerprint density at radius 1 is 1.15 bits per heavy atom. The van der Waals surface area contributed by atoms with E-state index in [0.29, 0.717) is 5.41 Å². The summed E-state index contributed by atoms with van der Waals surface area (Å²) in [7, 11) is 0. The molecule has 70 valence electrons. The first-order valence-electron chi connectivity index (χ1n) is 5.04. The summed E-state index contributed by atoms with van der Waals surface area (Å²) in [6.07, 6.45) is 5.33. The van der Waals surface area contributed by atoms with Crippen LogP contribution in [-0.4, -0.2) is 5.75 Å². The molecular weight excluding hydrogens is 176 g/mol. The molecule has 1 aliphatic rings. The lowest BCUT2D eigenvalue weighted by atomic mass is 9.91. The molecule has 0 spiro atoms. The minimum absolute atomic E-state index is 0.546. The lowest BCUT2D eigenvalue weighted by molar-refractivity contribution is 0.611. The summed E-state index contributed by atoms with van der Waals surface area (Å²) in [5.41, 5.74) is 2.08. The molecule has 1 saturated carbocycles. The Bertz CT molecular complexity index is 262. The number of thiol groups is 1. The molecule has 0 heterocycles. The Morgan fingerprint density at radius 3 is 2.38 bits per heavy atom. The van der Waals surface area contributed by atoms with E-state index in [1.165, 1.54) is 31.2 Å². The minimum atomic E-state index is 0.546. The molecule has 0 aromatic heterocycles. The molecule has 1 heteroatoms. The quantitative estimate of drug-likeness (QED) is 0.694. The van der Waals surface area contributed by atoms with E-state index in [2.05, 4.69) is 43.0 Å². The van der Waals surface area contributed by atoms with Gasteiger partial charge in [-0.05, 0) is 42.4 Å². The molecule has 1 aliphatic carbocycles. The largest absolute Gasteiger partial charge is 0.179 e. The third kappa shape index (κ3) is 1.91. The van der Waals surface area contributed by atoms with E-state index in [1.54, 1.807) is 0 Å². The summed E-state index contributed by atoms with van der Waals surface area (Å²) in [4.78, 5) is 0. The monoisotopic (exact) mass is 192 g/mol. The molecular formula is C12H16S. The Balaban J connectivity index is 2.07. The minimum Gasteiger partial charge on any atom is -0.179 e. The first kappa shape index (κ1) is 9.14. The van der Waals surface area contributed by atoms with Crippen molar-refractivity contribution in [2.75, 3.05) is 5.75 Å². The Hall–Kier alpha value is -0.430. The maximum Gasteiger partial charge on any atom is -0.00460 e. The van der Waals surface area contributed by atoms with Gasteiger partial charge in [-0.25, -0.2) is 0 Å². The molecule has 0 amide bonds. The van der Waals surface area contributed by atoms with Gasteiger partial charge in [0.25, 0.3) is 0 Å². The van der Waals surface area contributed by atoms with Gasteiger partial charge in [-0.3, -0.25) is 0 Å². The predicted octanol–water partition coefficient (Wildman–Crippen LogP) is 3.43. The van der Waals surface area contributed by atoms with Crippen molar-refractivity contribution < 1.29 is 0 Å². The third-order valence-corrected chi connectivity index (χ3v) is 3.37. The zero-order valence-corrected chi connectivity index (χ0v) is 8.76. The summed E-state index contributed by atoms with van der Waals surface area (Å²) in [6, 6.07) is 10.9. The van der Waals surface area contributed by atoms with Gasteiger partial charge in [-0.15, -0.1) is 0 Å². The van der Waals surface area contributed by atoms with Crippen molar-refractivity contribution in [2.24, 2.45) is 0 Å². The Morgan fingerprint density at radius 2 is 1.85 bits per heavy atom. The smallest absolute Gasteiger partial charge is 0.00460 e. The lowest BCUT2D eigenvalue weighted by Gasteiger charge is -2.14. The standard InChI is InChI=1S/C12H16S/c13-10-4-7-12(8-9-12)11-5-2-1-3-6-11/h1-3,5-6,13H,4,7-10H2. The number of benzene rings is 1. The molecule has 0 N–H and O–H groups in total. The highest BCUT2D eigenvalue weighted by Crippen LogP contribution is 2.51. The van der Waals surface area contributed by atoms with Gasteiger partial charge in [0, 0.05) is 0 Å². The van der Waals surface area contributed by atoms with Crippen LogP contribution in [0.4, 0.5) is 0 Å². The van der Waals surface area contributed by atoms with Crippen LogP contribution in [0.3, 0.4) is 0 Å². The van der Waals surface area contributed by atoms with Crippen LogP contribution in [0.5, 0.6) is 0 Å². The zero-order valence-electron chi connectivity index (χ0n) is 7.87. The van der Waals surface area contributed by atoms with Crippen molar-refractivity contribution in [3.63, 3.8) is 0 Å². The van der Waals surface area contributed by atoms with Gasteiger partial charge in [-0.2, -0.15) is 12.6 Å². The van der Waals surface area contributed by atoms with Gasteiger partial charge in [0.2, 0.25) is 0 Å². The van der Waals surface area contributed by atoms with Crippen molar-refractivity contribution in [1.82, 2.24) is 0 Å². The van der Waals surface area contributed by atoms with Gasteiger partial charge in [0.1, 0.15) is 0 Å². The third-order valence-electron chi connectivity index (χ3n) is 3.05. The van der Waals surface area contributed by atoms with E-state index in [4.69, 9.17) is 0 Å². The molecule has 0 saturated heterocycles. The normalized spacial score (nSPS) is 18.5. The number of hydrogen-bond donors (Lipinski definition) is 1. The molecule has 0 nitrogen and oxygen atoms in total. The number of rotatable bonds is 4. The average molecular weight is 192 g/mol. The molecule has 0 atom stereocenters. The van der Waals surface area contributed by atoms with E-state index in [0.717, 1.165) is 5.75 Å². The number of hydrogen-bond acceptors (Lipinski definition) is 1. The Labute approximate surface area is 85.8 Å². The van der Waals surface area contributed by atoms with Crippen LogP contribution in [0.1, 0.15) is 31.2 Å². The second-order valence-electron chi connectivity index (χ2n) is 3.97. The fourth-order valence-corrected chi connectivity index (χ4v) is 2.20. The zero-order chi connectivity index (χ0) is 9.15. The van der Waals surface area contributed by atoms with Crippen LogP contribution in [0.15, 0.2) is 30.3 Å². The van der Waals surface area contributed by atoms with Crippen molar-refractivity contribution in [1.29, 1.82) is 0 Å². The summed E-state index contributed by atoms with van der Waals surface area (Å²) >= 11 is 4.27. The maximum absolute atomic E-state index is 4.27. The first-order valence-corrected chi connectivity index (χ1v) is 5.67. The predicted molar refractivity (Wildman–Crippen MR) is 60.4 cm³/mol. The second kappa shape index (κ2) is 3.75. The molecule has 1 aromatic rings. The Kier molecular flexibility index (Phi) is 2.63. The maximum atomic E-state index is 4.27. The SMILES string of the molecule is SCCCC1(c2ccccc2)CC1. The van der Waals surface area contributed by atoms with Crippen LogP contribution in [0, 0.1) is 0 Å². The van der Waals surface area contributed by atoms with E-state index in [9.17, 15) is 0 Å². The first-order chi connectivity index (χ1) is 6.37. The van der Waals surface area contributed by atoms with Crippen LogP contribution in [-0.2, 0) is 5.41 Å². The fourth-order valence-electron chi connectivity index (χ4n) is 2.04. The molecule has 0 bridgehead atoms. The van der Waals surface area contributed by atoms with Crippen molar-refractivity contribution >= 4 is 12.6 Å².